The van der Waals surface area contributed by atoms with Crippen LogP contribution in [0, 0.1) is 11.8 Å². The third-order valence-electron chi connectivity index (χ3n) is 11.4. The van der Waals surface area contributed by atoms with Gasteiger partial charge in [0, 0.05) is 20.0 Å². The van der Waals surface area contributed by atoms with E-state index in [-0.39, 0.29) is 44.6 Å². The Kier molecular flexibility index (Phi) is 19.9. The van der Waals surface area contributed by atoms with E-state index in [1.54, 1.807) is 58.0 Å². The number of cyclic esters (lactones) is 1. The second-order valence-electron chi connectivity index (χ2n) is 16.1. The molecule has 24 heteroatoms. The predicted octanol–water partition coefficient (Wildman–Crippen LogP) is -2.42. The summed E-state index contributed by atoms with van der Waals surface area (Å²) in [5.41, 5.74) is 11.5. The van der Waals surface area contributed by atoms with Gasteiger partial charge in [-0.2, -0.15) is 8.42 Å². The molecular weight excluding hydrogens is 863 g/mol. The summed E-state index contributed by atoms with van der Waals surface area (Å²) >= 11 is 0. The number of fused-ring (bicyclic) bond motifs is 2. The summed E-state index contributed by atoms with van der Waals surface area (Å²) in [5, 5.41) is 31.7. The molecule has 358 valence electrons. The van der Waals surface area contributed by atoms with Crippen molar-refractivity contribution in [2.45, 2.75) is 134 Å². The molecular formula is C40H63N9O14S. The number of hydrogen-bond acceptors (Lipinski definition) is 14. The van der Waals surface area contributed by atoms with Gasteiger partial charge >= 0.3 is 16.4 Å². The Balaban J connectivity index is 2.24. The van der Waals surface area contributed by atoms with Crippen LogP contribution in [0.3, 0.4) is 0 Å². The van der Waals surface area contributed by atoms with Gasteiger partial charge in [-0.25, -0.2) is 8.98 Å². The van der Waals surface area contributed by atoms with Crippen molar-refractivity contribution in [2.24, 2.45) is 28.3 Å². The number of aliphatic imine (C=N–C) groups is 1. The molecule has 0 saturated carbocycles. The molecule has 3 rings (SSSR count). The maximum atomic E-state index is 14.8. The van der Waals surface area contributed by atoms with Crippen molar-refractivity contribution in [3.05, 3.63) is 35.9 Å². The third-order valence-corrected chi connectivity index (χ3v) is 11.8. The highest BCUT2D eigenvalue weighted by Crippen LogP contribution is 2.28. The highest BCUT2D eigenvalue weighted by Gasteiger charge is 2.47. The zero-order chi connectivity index (χ0) is 48.1. The smallest absolute Gasteiger partial charge is 0.397 e. The number of nitrogens with two attached hydrogens (primary N) is 2. The maximum absolute atomic E-state index is 14.8. The van der Waals surface area contributed by atoms with Crippen molar-refractivity contribution < 1.29 is 65.7 Å². The lowest BCUT2D eigenvalue weighted by Crippen LogP contribution is -2.66. The van der Waals surface area contributed by atoms with Gasteiger partial charge in [0.2, 0.25) is 29.5 Å². The van der Waals surface area contributed by atoms with E-state index in [0.29, 0.717) is 18.4 Å². The minimum Gasteiger partial charge on any atom is -0.458 e. The summed E-state index contributed by atoms with van der Waals surface area (Å²) in [6.45, 7) is 6.74. The lowest BCUT2D eigenvalue weighted by atomic mass is 9.91. The predicted molar refractivity (Wildman–Crippen MR) is 228 cm³/mol. The zero-order valence-electron chi connectivity index (χ0n) is 36.8. The van der Waals surface area contributed by atoms with Gasteiger partial charge in [0.05, 0.1) is 0 Å². The van der Waals surface area contributed by atoms with Gasteiger partial charge in [-0.05, 0) is 50.0 Å². The number of esters is 1. The van der Waals surface area contributed by atoms with E-state index in [4.69, 9.17) is 20.8 Å². The molecule has 23 nitrogen and oxygen atoms in total. The van der Waals surface area contributed by atoms with E-state index in [2.05, 4.69) is 30.4 Å². The number of carbonyl (C=O) groups is 7. The minimum absolute atomic E-state index is 0.0152. The number of aliphatic hydroxyl groups excluding tert-OH is 2. The molecule has 1 aromatic rings. The first kappa shape index (κ1) is 52.9. The normalized spacial score (nSPS) is 27.0. The standard InChI is InChI=1S/C40H63N9O14S/c1-7-21(3)30-39(58)63-23(5)31(47-35(54)28(50)20-62-64(59,60)61)36(55)44-25(15-12-18-43-40(41)42)33(52)45-26-16-17-29(51)49(37(26)56)32(22(4)8-2)38(57)48(6)27(34(53)46-30)19-24-13-10-9-11-14-24/h9-11,13-14,21-23,25-32,50-51H,7-8,12,15-20H2,1-6H3,(H,44,55)(H,45,52)(H,46,53)(H,47,54)(H4,41,42,43)(H,59,60,61)/t21-,22+,23-,25-,26-,27-,28-,29+,30-,31-,32-/m0/s1. The van der Waals surface area contributed by atoms with E-state index in [9.17, 15) is 52.2 Å². The number of piperidine rings is 1. The summed E-state index contributed by atoms with van der Waals surface area (Å²) in [5.74, 6) is -8.39. The molecule has 2 fully saturated rings. The fourth-order valence-electron chi connectivity index (χ4n) is 7.25. The summed E-state index contributed by atoms with van der Waals surface area (Å²) in [7, 11) is -3.74. The summed E-state index contributed by atoms with van der Waals surface area (Å²) in [6, 6.07) is -0.136. The first-order valence-corrected chi connectivity index (χ1v) is 22.5. The van der Waals surface area contributed by atoms with Crippen molar-refractivity contribution in [3.8, 4) is 0 Å². The topological polar surface area (TPSA) is 352 Å². The quantitative estimate of drug-likeness (QED) is 0.0291. The second-order valence-corrected chi connectivity index (χ2v) is 17.2. The molecule has 2 aliphatic rings. The Hall–Kier alpha value is -5.43. The van der Waals surface area contributed by atoms with Crippen molar-refractivity contribution in [2.75, 3.05) is 20.2 Å². The Morgan fingerprint density at radius 1 is 0.969 bits per heavy atom. The average molecular weight is 926 g/mol. The lowest BCUT2D eigenvalue weighted by Gasteiger charge is -2.44. The van der Waals surface area contributed by atoms with Crippen molar-refractivity contribution in [1.29, 1.82) is 0 Å². The molecule has 1 aromatic carbocycles. The van der Waals surface area contributed by atoms with Crippen LogP contribution in [0.2, 0.25) is 0 Å². The number of rotatable bonds is 15. The second kappa shape index (κ2) is 24.0. The van der Waals surface area contributed by atoms with Gasteiger partial charge < -0.3 is 57.5 Å². The molecule has 0 unspecified atom stereocenters. The molecule has 2 bridgehead atoms. The van der Waals surface area contributed by atoms with Gasteiger partial charge in [0.1, 0.15) is 55.2 Å². The molecule has 2 heterocycles. The van der Waals surface area contributed by atoms with E-state index in [1.807, 2.05) is 0 Å². The molecule has 2 aliphatic heterocycles. The zero-order valence-corrected chi connectivity index (χ0v) is 37.7. The summed E-state index contributed by atoms with van der Waals surface area (Å²) in [4.78, 5) is 105. The molecule has 6 amide bonds. The summed E-state index contributed by atoms with van der Waals surface area (Å²) < 4.78 is 41.1. The number of nitrogens with one attached hydrogen (secondary N) is 4. The Morgan fingerprint density at radius 2 is 1.61 bits per heavy atom. The fraction of sp³-hybridized carbons (Fsp3) is 0.650. The van der Waals surface area contributed by atoms with Crippen LogP contribution in [0.5, 0.6) is 0 Å². The largest absolute Gasteiger partial charge is 0.458 e. The number of likely N-dealkylation sites (N-methyl/N-ethyl adjacent to an activating group) is 1. The molecule has 11 N–H and O–H groups in total. The summed E-state index contributed by atoms with van der Waals surface area (Å²) in [6.07, 6.45) is -5.10. The Bertz CT molecular complexity index is 1950. The van der Waals surface area contributed by atoms with Crippen LogP contribution in [0.25, 0.3) is 0 Å². The monoisotopic (exact) mass is 925 g/mol. The van der Waals surface area contributed by atoms with E-state index < -0.39 is 125 Å². The van der Waals surface area contributed by atoms with Crippen LogP contribution in [0.1, 0.15) is 78.7 Å². The van der Waals surface area contributed by atoms with Crippen LogP contribution in [-0.4, -0.2) is 155 Å². The lowest BCUT2D eigenvalue weighted by molar-refractivity contribution is -0.168. The number of guanidine groups is 1. The number of hydrogen-bond donors (Lipinski definition) is 9. The van der Waals surface area contributed by atoms with Gasteiger partial charge in [-0.15, -0.1) is 0 Å². The number of benzene rings is 1. The van der Waals surface area contributed by atoms with Crippen molar-refractivity contribution in [1.82, 2.24) is 31.1 Å². The number of amides is 6. The van der Waals surface area contributed by atoms with Crippen LogP contribution < -0.4 is 32.7 Å². The molecule has 0 spiro atoms. The van der Waals surface area contributed by atoms with E-state index in [0.717, 1.165) is 9.80 Å². The van der Waals surface area contributed by atoms with Gasteiger partial charge in [-0.1, -0.05) is 70.9 Å². The van der Waals surface area contributed by atoms with Gasteiger partial charge in [0.15, 0.2) is 12.1 Å². The molecule has 0 aromatic heterocycles. The molecule has 64 heavy (non-hydrogen) atoms. The van der Waals surface area contributed by atoms with Crippen LogP contribution in [-0.2, 0) is 59.3 Å². The van der Waals surface area contributed by atoms with Crippen LogP contribution in [0.15, 0.2) is 35.3 Å². The molecule has 2 saturated heterocycles. The van der Waals surface area contributed by atoms with Crippen LogP contribution in [0.4, 0.5) is 0 Å². The first-order chi connectivity index (χ1) is 30.0. The highest BCUT2D eigenvalue weighted by molar-refractivity contribution is 7.80. The Labute approximate surface area is 372 Å². The minimum atomic E-state index is -5.12. The van der Waals surface area contributed by atoms with Gasteiger partial charge in [0.25, 0.3) is 5.91 Å². The number of ether oxygens (including phenoxy) is 1. The third kappa shape index (κ3) is 14.8. The van der Waals surface area contributed by atoms with E-state index in [1.165, 1.54) is 14.0 Å². The highest BCUT2D eigenvalue weighted by atomic mass is 32.3. The molecule has 11 atom stereocenters. The average Bonchev–Trinajstić information content (AvgIpc) is 3.24. The van der Waals surface area contributed by atoms with E-state index >= 15 is 0 Å². The number of carbonyl (C=O) groups excluding carboxylic acids is 7. The van der Waals surface area contributed by atoms with Crippen molar-refractivity contribution >= 4 is 57.8 Å². The fourth-order valence-corrected chi connectivity index (χ4v) is 7.55. The number of aliphatic hydroxyl groups is 2. The number of nitrogens with zero attached hydrogens (tertiary/aromatic N) is 3. The SMILES string of the molecule is CC[C@@H](C)[C@H]1C(=O)N(C)[C@@H](Cc2ccccc2)C(=O)N[C@@H]([C@@H](C)CC)C(=O)O[C@@H](C)[C@H](NC(=O)[C@@H](O)COS(=O)(=O)O)C(=O)N[C@@H](CCCN=C(N)N)C(=O)N[C@H]2CC[C@@H](O)N1C2=O. The van der Waals surface area contributed by atoms with Crippen LogP contribution >= 0.6 is 0 Å². The first-order valence-electron chi connectivity index (χ1n) is 21.1. The van der Waals surface area contributed by atoms with Crippen molar-refractivity contribution in [3.63, 3.8) is 0 Å². The molecule has 0 radical (unpaired) electrons. The molecule has 0 aliphatic carbocycles. The van der Waals surface area contributed by atoms with Gasteiger partial charge in [-0.3, -0.25) is 38.3 Å². The maximum Gasteiger partial charge on any atom is 0.397 e. The Morgan fingerprint density at radius 3 is 2.20 bits per heavy atom.